The molecule has 0 N–H and O–H groups in total. The first-order chi connectivity index (χ1) is 7.65. The van der Waals surface area contributed by atoms with Crippen molar-refractivity contribution < 1.29 is 4.74 Å². The van der Waals surface area contributed by atoms with Crippen molar-refractivity contribution in [2.24, 2.45) is 0 Å². The molecule has 0 saturated carbocycles. The number of ether oxygens (including phenoxy) is 1. The predicted octanol–water partition coefficient (Wildman–Crippen LogP) is 2.90. The summed E-state index contributed by atoms with van der Waals surface area (Å²) >= 11 is 8.30. The third-order valence-corrected chi connectivity index (χ3v) is 3.50. The van der Waals surface area contributed by atoms with Gasteiger partial charge in [0.1, 0.15) is 17.1 Å². The second-order valence-corrected chi connectivity index (χ2v) is 5.07. The molecule has 86 valence electrons. The van der Waals surface area contributed by atoms with Crippen molar-refractivity contribution in [3.8, 4) is 0 Å². The van der Waals surface area contributed by atoms with Gasteiger partial charge in [0.25, 0.3) is 0 Å². The van der Waals surface area contributed by atoms with Gasteiger partial charge in [0.05, 0.1) is 18.0 Å². The summed E-state index contributed by atoms with van der Waals surface area (Å²) in [7, 11) is 1.69. The smallest absolute Gasteiger partial charge is 0.146 e. The van der Waals surface area contributed by atoms with Crippen LogP contribution in [0.4, 0.5) is 0 Å². The highest BCUT2D eigenvalue weighted by atomic mass is 127. The van der Waals surface area contributed by atoms with E-state index in [2.05, 4.69) is 44.0 Å². The molecule has 0 radical (unpaired) electrons. The van der Waals surface area contributed by atoms with E-state index in [1.54, 1.807) is 7.11 Å². The van der Waals surface area contributed by atoms with Crippen LogP contribution >= 0.6 is 34.2 Å². The molecule has 6 heteroatoms. The van der Waals surface area contributed by atoms with Gasteiger partial charge < -0.3 is 9.30 Å². The molecule has 0 spiro atoms. The molecule has 2 heterocycles. The lowest BCUT2D eigenvalue weighted by Crippen LogP contribution is -2.10. The molecule has 4 nitrogen and oxygen atoms in total. The number of nitrogens with zero attached hydrogens (tertiary/aromatic N) is 3. The van der Waals surface area contributed by atoms with Gasteiger partial charge in [0, 0.05) is 16.9 Å². The number of methoxy groups -OCH3 is 1. The minimum atomic E-state index is 0.224. The summed E-state index contributed by atoms with van der Waals surface area (Å²) in [4.78, 5) is 8.26. The molecule has 0 bridgehead atoms. The van der Waals surface area contributed by atoms with E-state index in [9.17, 15) is 0 Å². The Hall–Kier alpha value is -0.400. The normalized spacial score (nSPS) is 13.2. The summed E-state index contributed by atoms with van der Waals surface area (Å²) in [6.45, 7) is 2.72. The van der Waals surface area contributed by atoms with Gasteiger partial charge in [-0.2, -0.15) is 0 Å². The van der Waals surface area contributed by atoms with Gasteiger partial charge in [0.2, 0.25) is 0 Å². The Labute approximate surface area is 112 Å². The lowest BCUT2D eigenvalue weighted by Gasteiger charge is -2.12. The minimum Gasteiger partial charge on any atom is -0.383 e. The molecule has 0 aromatic carbocycles. The van der Waals surface area contributed by atoms with Crippen LogP contribution in [0.3, 0.4) is 0 Å². The third-order valence-electron chi connectivity index (χ3n) is 2.40. The topological polar surface area (TPSA) is 39.9 Å². The van der Waals surface area contributed by atoms with Crippen LogP contribution in [0.2, 0.25) is 5.15 Å². The van der Waals surface area contributed by atoms with E-state index in [0.717, 1.165) is 14.6 Å². The zero-order valence-electron chi connectivity index (χ0n) is 8.94. The SMILES string of the molecule is COCC(C)n1cc(I)c2c(Cl)ncnc21. The summed E-state index contributed by atoms with van der Waals surface area (Å²) < 4.78 is 8.27. The number of rotatable bonds is 3. The Morgan fingerprint density at radius 1 is 1.56 bits per heavy atom. The van der Waals surface area contributed by atoms with E-state index in [1.807, 2.05) is 6.20 Å². The summed E-state index contributed by atoms with van der Waals surface area (Å²) in [6, 6.07) is 0.224. The predicted molar refractivity (Wildman–Crippen MR) is 71.8 cm³/mol. The third kappa shape index (κ3) is 2.03. The van der Waals surface area contributed by atoms with Crippen molar-refractivity contribution >= 4 is 45.2 Å². The molecule has 2 aromatic heterocycles. The molecule has 0 saturated heterocycles. The van der Waals surface area contributed by atoms with E-state index in [0.29, 0.717) is 11.8 Å². The largest absolute Gasteiger partial charge is 0.383 e. The molecule has 0 aliphatic heterocycles. The van der Waals surface area contributed by atoms with Crippen LogP contribution < -0.4 is 0 Å². The van der Waals surface area contributed by atoms with E-state index < -0.39 is 0 Å². The molecule has 1 unspecified atom stereocenters. The maximum absolute atomic E-state index is 6.06. The Kier molecular flexibility index (Phi) is 3.66. The number of aromatic nitrogens is 3. The number of hydrogen-bond acceptors (Lipinski definition) is 3. The van der Waals surface area contributed by atoms with Crippen LogP contribution in [-0.2, 0) is 4.74 Å². The average molecular weight is 352 g/mol. The molecule has 16 heavy (non-hydrogen) atoms. The molecular formula is C10H11ClIN3O. The average Bonchev–Trinajstić information content (AvgIpc) is 2.58. The van der Waals surface area contributed by atoms with Crippen molar-refractivity contribution in [2.45, 2.75) is 13.0 Å². The zero-order valence-corrected chi connectivity index (χ0v) is 11.9. The summed E-state index contributed by atoms with van der Waals surface area (Å²) in [5.41, 5.74) is 0.856. The highest BCUT2D eigenvalue weighted by molar-refractivity contribution is 14.1. The van der Waals surface area contributed by atoms with Crippen LogP contribution in [0.25, 0.3) is 11.0 Å². The number of halogens is 2. The van der Waals surface area contributed by atoms with Gasteiger partial charge in [-0.3, -0.25) is 0 Å². The number of hydrogen-bond donors (Lipinski definition) is 0. The van der Waals surface area contributed by atoms with Gasteiger partial charge in [0.15, 0.2) is 0 Å². The van der Waals surface area contributed by atoms with Crippen molar-refractivity contribution in [1.82, 2.24) is 14.5 Å². The van der Waals surface area contributed by atoms with Gasteiger partial charge >= 0.3 is 0 Å². The quantitative estimate of drug-likeness (QED) is 0.630. The second-order valence-electron chi connectivity index (χ2n) is 3.55. The van der Waals surface area contributed by atoms with Gasteiger partial charge in [-0.05, 0) is 29.5 Å². The second kappa shape index (κ2) is 4.85. The summed E-state index contributed by atoms with van der Waals surface area (Å²) in [6.07, 6.45) is 3.51. The summed E-state index contributed by atoms with van der Waals surface area (Å²) in [5.74, 6) is 0. The highest BCUT2D eigenvalue weighted by Crippen LogP contribution is 2.28. The van der Waals surface area contributed by atoms with Crippen molar-refractivity contribution in [2.75, 3.05) is 13.7 Å². The van der Waals surface area contributed by atoms with Gasteiger partial charge in [-0.15, -0.1) is 0 Å². The monoisotopic (exact) mass is 351 g/mol. The first-order valence-electron chi connectivity index (χ1n) is 4.80. The minimum absolute atomic E-state index is 0.224. The highest BCUT2D eigenvalue weighted by Gasteiger charge is 2.15. The Morgan fingerprint density at radius 3 is 3.00 bits per heavy atom. The fraction of sp³-hybridized carbons (Fsp3) is 0.400. The maximum Gasteiger partial charge on any atom is 0.146 e. The van der Waals surface area contributed by atoms with Crippen molar-refractivity contribution in [1.29, 1.82) is 0 Å². The molecule has 0 aliphatic carbocycles. The zero-order chi connectivity index (χ0) is 11.7. The van der Waals surface area contributed by atoms with Crippen LogP contribution in [0.5, 0.6) is 0 Å². The standard InChI is InChI=1S/C10H11ClIN3O/c1-6(4-16-2)15-3-7(12)8-9(11)13-5-14-10(8)15/h3,5-6H,4H2,1-2H3. The van der Waals surface area contributed by atoms with Crippen LogP contribution in [0, 0.1) is 3.57 Å². The molecular weight excluding hydrogens is 340 g/mol. The molecule has 0 fully saturated rings. The van der Waals surface area contributed by atoms with E-state index in [-0.39, 0.29) is 6.04 Å². The van der Waals surface area contributed by atoms with Crippen LogP contribution in [0.1, 0.15) is 13.0 Å². The molecule has 2 aromatic rings. The number of fused-ring (bicyclic) bond motifs is 1. The molecule has 0 aliphatic rings. The van der Waals surface area contributed by atoms with Crippen molar-refractivity contribution in [3.05, 3.63) is 21.2 Å². The van der Waals surface area contributed by atoms with Crippen LogP contribution in [-0.4, -0.2) is 28.3 Å². The first-order valence-corrected chi connectivity index (χ1v) is 6.26. The molecule has 0 amide bonds. The fourth-order valence-corrected chi connectivity index (χ4v) is 2.85. The lowest BCUT2D eigenvalue weighted by atomic mass is 10.3. The molecule has 1 atom stereocenters. The molecule has 2 rings (SSSR count). The lowest BCUT2D eigenvalue weighted by molar-refractivity contribution is 0.163. The van der Waals surface area contributed by atoms with Gasteiger partial charge in [-0.25, -0.2) is 9.97 Å². The Bertz CT molecular complexity index is 514. The van der Waals surface area contributed by atoms with Gasteiger partial charge in [-0.1, -0.05) is 11.6 Å². The van der Waals surface area contributed by atoms with Crippen LogP contribution in [0.15, 0.2) is 12.5 Å². The Morgan fingerprint density at radius 2 is 2.31 bits per heavy atom. The fourth-order valence-electron chi connectivity index (χ4n) is 1.66. The first kappa shape index (κ1) is 12.1. The van der Waals surface area contributed by atoms with E-state index in [1.165, 1.54) is 6.33 Å². The van der Waals surface area contributed by atoms with Crippen molar-refractivity contribution in [3.63, 3.8) is 0 Å². The summed E-state index contributed by atoms with van der Waals surface area (Å²) in [5, 5.41) is 1.41. The Balaban J connectivity index is 2.59. The van der Waals surface area contributed by atoms with E-state index in [4.69, 9.17) is 16.3 Å². The van der Waals surface area contributed by atoms with E-state index >= 15 is 0 Å². The maximum atomic E-state index is 6.06.